The Morgan fingerprint density at radius 1 is 0.300 bits per heavy atom. The van der Waals surface area contributed by atoms with Crippen LogP contribution in [-0.4, -0.2) is 15.0 Å². The Labute approximate surface area is 350 Å². The number of aromatic nitrogens is 3. The number of fused-ring (bicyclic) bond motifs is 13. The number of benzene rings is 9. The topological polar surface area (TPSA) is 38.7 Å². The highest BCUT2D eigenvalue weighted by atomic mass is 15.0. The first kappa shape index (κ1) is 34.8. The molecule has 2 aliphatic rings. The van der Waals surface area contributed by atoms with Crippen molar-refractivity contribution < 1.29 is 0 Å². The lowest BCUT2D eigenvalue weighted by molar-refractivity contribution is 0.660. The maximum atomic E-state index is 5.32. The van der Waals surface area contributed by atoms with Gasteiger partial charge in [0.25, 0.3) is 0 Å². The zero-order valence-electron chi connectivity index (χ0n) is 34.1. The average molecular weight is 768 g/mol. The van der Waals surface area contributed by atoms with Crippen LogP contribution in [-0.2, 0) is 10.8 Å². The first-order valence-corrected chi connectivity index (χ1v) is 20.9. The summed E-state index contributed by atoms with van der Waals surface area (Å²) in [5.74, 6) is 1.96. The number of nitrogens with zero attached hydrogens (tertiary/aromatic N) is 3. The fourth-order valence-electron chi connectivity index (χ4n) is 10.5. The fourth-order valence-corrected chi connectivity index (χ4v) is 10.5. The van der Waals surface area contributed by atoms with Gasteiger partial charge in [-0.25, -0.2) is 15.0 Å². The molecule has 0 N–H and O–H groups in total. The van der Waals surface area contributed by atoms with Gasteiger partial charge in [0.2, 0.25) is 0 Å². The molecule has 3 heteroatoms. The monoisotopic (exact) mass is 767 g/mol. The van der Waals surface area contributed by atoms with Crippen LogP contribution in [0.1, 0.15) is 49.9 Å². The zero-order chi connectivity index (χ0) is 40.3. The van der Waals surface area contributed by atoms with E-state index in [4.69, 9.17) is 15.0 Å². The molecule has 3 nitrogen and oxygen atoms in total. The van der Waals surface area contributed by atoms with Crippen molar-refractivity contribution in [3.8, 4) is 67.5 Å². The molecule has 60 heavy (non-hydrogen) atoms. The Kier molecular flexibility index (Phi) is 7.32. The van der Waals surface area contributed by atoms with Gasteiger partial charge >= 0.3 is 0 Å². The van der Waals surface area contributed by atoms with Gasteiger partial charge in [-0.1, -0.05) is 185 Å². The van der Waals surface area contributed by atoms with Crippen molar-refractivity contribution >= 4 is 32.3 Å². The molecular weight excluding hydrogens is 727 g/mol. The van der Waals surface area contributed by atoms with Crippen LogP contribution in [0.5, 0.6) is 0 Å². The van der Waals surface area contributed by atoms with Gasteiger partial charge in [-0.3, -0.25) is 0 Å². The van der Waals surface area contributed by atoms with Gasteiger partial charge in [0.05, 0.1) is 0 Å². The molecule has 0 radical (unpaired) electrons. The molecule has 2 aliphatic carbocycles. The molecule has 0 fully saturated rings. The van der Waals surface area contributed by atoms with Gasteiger partial charge < -0.3 is 0 Å². The molecule has 0 atom stereocenters. The summed E-state index contributed by atoms with van der Waals surface area (Å²) in [6, 6.07) is 63.9. The van der Waals surface area contributed by atoms with Gasteiger partial charge in [-0.15, -0.1) is 0 Å². The summed E-state index contributed by atoms with van der Waals surface area (Å²) in [6.45, 7) is 9.35. The van der Waals surface area contributed by atoms with Crippen molar-refractivity contribution in [2.75, 3.05) is 0 Å². The van der Waals surface area contributed by atoms with Gasteiger partial charge in [0, 0.05) is 27.5 Å². The van der Waals surface area contributed by atoms with Gasteiger partial charge in [0.15, 0.2) is 17.5 Å². The van der Waals surface area contributed by atoms with Crippen LogP contribution < -0.4 is 0 Å². The quantitative estimate of drug-likeness (QED) is 0.167. The average Bonchev–Trinajstić information content (AvgIpc) is 3.68. The molecule has 0 aliphatic heterocycles. The van der Waals surface area contributed by atoms with Crippen molar-refractivity contribution in [2.24, 2.45) is 0 Å². The molecular formula is C57H41N3. The lowest BCUT2D eigenvalue weighted by Gasteiger charge is -2.22. The standard InChI is InChI=1S/C57H41N3/c1-56(2)48-24-13-11-22-45(48)52-49(56)30-29-44-40-27-25-37(32-46(40)39-19-8-9-21-43(39)51(44)52)54-58-53(36-18-14-17-35(31-36)34-15-6-5-7-16-34)59-55(60-54)38-26-28-42-41-20-10-12-23-47(41)57(3,4)50(42)33-38/h5-33H,1-4H3. The minimum absolute atomic E-state index is 0.0761. The van der Waals surface area contributed by atoms with Crippen LogP contribution in [0.4, 0.5) is 0 Å². The van der Waals surface area contributed by atoms with Gasteiger partial charge in [0.1, 0.15) is 0 Å². The van der Waals surface area contributed by atoms with E-state index in [-0.39, 0.29) is 10.8 Å². The number of rotatable bonds is 4. The normalized spacial score (nSPS) is 14.3. The van der Waals surface area contributed by atoms with E-state index in [2.05, 4.69) is 204 Å². The lowest BCUT2D eigenvalue weighted by Crippen LogP contribution is -2.15. The Hall–Kier alpha value is -7.23. The Morgan fingerprint density at radius 2 is 0.800 bits per heavy atom. The maximum Gasteiger partial charge on any atom is 0.164 e. The first-order chi connectivity index (χ1) is 29.3. The van der Waals surface area contributed by atoms with E-state index in [1.165, 1.54) is 76.8 Å². The van der Waals surface area contributed by atoms with Gasteiger partial charge in [-0.2, -0.15) is 0 Å². The van der Waals surface area contributed by atoms with E-state index < -0.39 is 0 Å². The second kappa shape index (κ2) is 12.6. The van der Waals surface area contributed by atoms with Gasteiger partial charge in [-0.05, 0) is 106 Å². The summed E-state index contributed by atoms with van der Waals surface area (Å²) >= 11 is 0. The number of hydrogen-bond acceptors (Lipinski definition) is 3. The van der Waals surface area contributed by atoms with E-state index in [9.17, 15) is 0 Å². The van der Waals surface area contributed by atoms with Crippen LogP contribution in [0.15, 0.2) is 176 Å². The zero-order valence-corrected chi connectivity index (χ0v) is 34.1. The van der Waals surface area contributed by atoms with E-state index in [0.717, 1.165) is 27.8 Å². The highest BCUT2D eigenvalue weighted by Crippen LogP contribution is 2.54. The lowest BCUT2D eigenvalue weighted by atomic mass is 9.81. The summed E-state index contributed by atoms with van der Waals surface area (Å²) in [5, 5.41) is 7.49. The summed E-state index contributed by atoms with van der Waals surface area (Å²) in [6.07, 6.45) is 0. The molecule has 0 bridgehead atoms. The molecule has 0 spiro atoms. The van der Waals surface area contributed by atoms with E-state index in [0.29, 0.717) is 17.5 Å². The molecule has 1 aromatic heterocycles. The summed E-state index contributed by atoms with van der Waals surface area (Å²) in [7, 11) is 0. The predicted molar refractivity (Wildman–Crippen MR) is 249 cm³/mol. The largest absolute Gasteiger partial charge is 0.208 e. The van der Waals surface area contributed by atoms with Crippen LogP contribution in [0.3, 0.4) is 0 Å². The van der Waals surface area contributed by atoms with E-state index in [1.54, 1.807) is 0 Å². The Bertz CT molecular complexity index is 3410. The van der Waals surface area contributed by atoms with Crippen LogP contribution in [0.2, 0.25) is 0 Å². The van der Waals surface area contributed by atoms with Crippen molar-refractivity contribution in [2.45, 2.75) is 38.5 Å². The Balaban J connectivity index is 1.08. The highest BCUT2D eigenvalue weighted by molar-refractivity contribution is 6.29. The SMILES string of the molecule is CC1(C)c2ccccc2-c2ccc(-c3nc(-c4cccc(-c5ccccc5)c4)nc(-c4ccc5c(c4)c4ccccc4c4c6c(ccc54)C(C)(C)c4ccccc4-6)n3)cc21. The second-order valence-corrected chi connectivity index (χ2v) is 17.6. The van der Waals surface area contributed by atoms with Crippen molar-refractivity contribution in [1.29, 1.82) is 0 Å². The van der Waals surface area contributed by atoms with Crippen LogP contribution in [0, 0.1) is 0 Å². The van der Waals surface area contributed by atoms with Crippen molar-refractivity contribution in [1.82, 2.24) is 15.0 Å². The summed E-state index contributed by atoms with van der Waals surface area (Å²) in [4.78, 5) is 15.9. The van der Waals surface area contributed by atoms with Crippen LogP contribution in [0.25, 0.3) is 99.9 Å². The molecule has 10 aromatic rings. The molecule has 0 saturated carbocycles. The first-order valence-electron chi connectivity index (χ1n) is 20.9. The predicted octanol–water partition coefficient (Wildman–Crippen LogP) is 14.6. The fraction of sp³-hybridized carbons (Fsp3) is 0.105. The third-order valence-corrected chi connectivity index (χ3v) is 13.5. The third kappa shape index (κ3) is 4.99. The maximum absolute atomic E-state index is 5.32. The molecule has 284 valence electrons. The highest BCUT2D eigenvalue weighted by Gasteiger charge is 2.37. The van der Waals surface area contributed by atoms with Crippen molar-refractivity contribution in [3.63, 3.8) is 0 Å². The molecule has 12 rings (SSSR count). The second-order valence-electron chi connectivity index (χ2n) is 17.6. The molecule has 1 heterocycles. The van der Waals surface area contributed by atoms with Crippen LogP contribution >= 0.6 is 0 Å². The molecule has 9 aromatic carbocycles. The number of hydrogen-bond donors (Lipinski definition) is 0. The smallest absolute Gasteiger partial charge is 0.164 e. The molecule has 0 unspecified atom stereocenters. The molecule has 0 amide bonds. The summed E-state index contributed by atoms with van der Waals surface area (Å²) in [5.41, 5.74) is 15.6. The minimum atomic E-state index is -0.148. The molecule has 0 saturated heterocycles. The van der Waals surface area contributed by atoms with Crippen molar-refractivity contribution in [3.05, 3.63) is 198 Å². The minimum Gasteiger partial charge on any atom is -0.208 e. The van der Waals surface area contributed by atoms with E-state index >= 15 is 0 Å². The summed E-state index contributed by atoms with van der Waals surface area (Å²) < 4.78 is 0. The Morgan fingerprint density at radius 3 is 1.57 bits per heavy atom. The van der Waals surface area contributed by atoms with E-state index in [1.807, 2.05) is 0 Å². The third-order valence-electron chi connectivity index (χ3n) is 13.5.